The Balaban J connectivity index is 2.93. The highest BCUT2D eigenvalue weighted by Crippen LogP contribution is 2.39. The second-order valence-electron chi connectivity index (χ2n) is 13.0. The number of carboxylic acid groups (broad SMARTS) is 1. The average molecular weight is 642 g/mol. The summed E-state index contributed by atoms with van der Waals surface area (Å²) >= 11 is 0. The number of hydrogen-bond donors (Lipinski definition) is 4. The van der Waals surface area contributed by atoms with E-state index in [1.165, 1.54) is 12.1 Å². The standard InChI is InChI=1S/C31H51N3O11/c1-29(2,3)43-26(37)32-13-10-16-40-22-19-21(25(35)36)20-23(41-17-11-14-33-27(38)44-30(4,5)6)24(22)42-18-12-15-34-28(39)45-31(7,8)9/h19-20H,10-18H2,1-9H3,(H,32,37)(H,33,38)(H,34,39)(H,35,36). The number of carbonyl (C=O) groups excluding carboxylic acids is 3. The van der Waals surface area contributed by atoms with E-state index >= 15 is 0 Å². The van der Waals surface area contributed by atoms with Gasteiger partial charge in [0.25, 0.3) is 0 Å². The van der Waals surface area contributed by atoms with E-state index in [2.05, 4.69) is 16.0 Å². The number of ether oxygens (including phenoxy) is 6. The van der Waals surface area contributed by atoms with Gasteiger partial charge in [0.15, 0.2) is 11.5 Å². The zero-order chi connectivity index (χ0) is 34.3. The van der Waals surface area contributed by atoms with Crippen LogP contribution >= 0.6 is 0 Å². The summed E-state index contributed by atoms with van der Waals surface area (Å²) in [6.07, 6.45) is -0.489. The summed E-state index contributed by atoms with van der Waals surface area (Å²) in [5.41, 5.74) is -1.98. The van der Waals surface area contributed by atoms with Crippen LogP contribution in [0, 0.1) is 0 Å². The first kappa shape index (κ1) is 38.9. The van der Waals surface area contributed by atoms with Crippen LogP contribution < -0.4 is 30.2 Å². The van der Waals surface area contributed by atoms with Crippen molar-refractivity contribution in [1.82, 2.24) is 16.0 Å². The summed E-state index contributed by atoms with van der Waals surface area (Å²) in [6.45, 7) is 17.0. The summed E-state index contributed by atoms with van der Waals surface area (Å²) in [4.78, 5) is 47.6. The topological polar surface area (TPSA) is 180 Å². The number of amides is 3. The maximum Gasteiger partial charge on any atom is 0.407 e. The Kier molecular flexibility index (Phi) is 15.6. The van der Waals surface area contributed by atoms with Crippen molar-refractivity contribution in [3.8, 4) is 17.2 Å². The molecule has 0 bridgehead atoms. The van der Waals surface area contributed by atoms with Crippen molar-refractivity contribution >= 4 is 24.2 Å². The van der Waals surface area contributed by atoms with Gasteiger partial charge in [-0.2, -0.15) is 0 Å². The highest BCUT2D eigenvalue weighted by Gasteiger charge is 2.21. The molecule has 45 heavy (non-hydrogen) atoms. The number of alkyl carbamates (subject to hydrolysis) is 3. The Morgan fingerprint density at radius 3 is 1.18 bits per heavy atom. The summed E-state index contributed by atoms with van der Waals surface area (Å²) in [6, 6.07) is 2.66. The zero-order valence-electron chi connectivity index (χ0n) is 28.0. The molecule has 14 nitrogen and oxygen atoms in total. The molecule has 4 N–H and O–H groups in total. The lowest BCUT2D eigenvalue weighted by Gasteiger charge is -2.20. The largest absolute Gasteiger partial charge is 0.489 e. The lowest BCUT2D eigenvalue weighted by atomic mass is 10.2. The van der Waals surface area contributed by atoms with Gasteiger partial charge < -0.3 is 49.5 Å². The van der Waals surface area contributed by atoms with Crippen LogP contribution in [0.4, 0.5) is 14.4 Å². The molecule has 0 heterocycles. The molecule has 0 unspecified atom stereocenters. The van der Waals surface area contributed by atoms with Crippen molar-refractivity contribution in [2.45, 2.75) is 98.4 Å². The molecule has 256 valence electrons. The highest BCUT2D eigenvalue weighted by atomic mass is 16.6. The van der Waals surface area contributed by atoms with Gasteiger partial charge in [0.05, 0.1) is 25.4 Å². The maximum atomic E-state index is 11.9. The molecule has 1 aromatic carbocycles. The first-order valence-corrected chi connectivity index (χ1v) is 15.0. The van der Waals surface area contributed by atoms with Crippen molar-refractivity contribution < 1.29 is 52.7 Å². The van der Waals surface area contributed by atoms with Gasteiger partial charge in [-0.05, 0) is 93.7 Å². The monoisotopic (exact) mass is 641 g/mol. The number of aromatic carboxylic acids is 1. The number of carbonyl (C=O) groups is 4. The van der Waals surface area contributed by atoms with Crippen LogP contribution in [0.5, 0.6) is 17.2 Å². The average Bonchev–Trinajstić information content (AvgIpc) is 2.85. The van der Waals surface area contributed by atoms with Crippen LogP contribution in [0.25, 0.3) is 0 Å². The third-order valence-corrected chi connectivity index (χ3v) is 5.00. The molecule has 14 heteroatoms. The summed E-state index contributed by atoms with van der Waals surface area (Å²) in [5.74, 6) is -0.753. The van der Waals surface area contributed by atoms with Gasteiger partial charge in [0, 0.05) is 19.6 Å². The van der Waals surface area contributed by atoms with E-state index in [1.54, 1.807) is 62.3 Å². The molecule has 0 aliphatic rings. The fourth-order valence-corrected chi connectivity index (χ4v) is 3.33. The Morgan fingerprint density at radius 2 is 0.889 bits per heavy atom. The minimum absolute atomic E-state index is 0.0855. The minimum Gasteiger partial charge on any atom is -0.489 e. The Morgan fingerprint density at radius 1 is 0.578 bits per heavy atom. The Hall–Kier alpha value is -4.10. The Bertz CT molecular complexity index is 1060. The number of nitrogens with one attached hydrogen (secondary N) is 3. The molecule has 0 aliphatic heterocycles. The summed E-state index contributed by atoms with van der Waals surface area (Å²) in [5, 5.41) is 17.6. The lowest BCUT2D eigenvalue weighted by molar-refractivity contribution is 0.0512. The van der Waals surface area contributed by atoms with E-state index < -0.39 is 41.1 Å². The van der Waals surface area contributed by atoms with Crippen LogP contribution in [-0.2, 0) is 14.2 Å². The molecular formula is C31H51N3O11. The van der Waals surface area contributed by atoms with Crippen LogP contribution in [0.2, 0.25) is 0 Å². The molecule has 0 aliphatic carbocycles. The van der Waals surface area contributed by atoms with Crippen molar-refractivity contribution in [2.75, 3.05) is 39.5 Å². The van der Waals surface area contributed by atoms with E-state index in [0.29, 0.717) is 19.3 Å². The maximum absolute atomic E-state index is 11.9. The van der Waals surface area contributed by atoms with Crippen LogP contribution in [-0.4, -0.2) is 85.6 Å². The van der Waals surface area contributed by atoms with Gasteiger partial charge in [-0.15, -0.1) is 0 Å². The molecular weight excluding hydrogens is 590 g/mol. The molecule has 0 saturated heterocycles. The van der Waals surface area contributed by atoms with Crippen LogP contribution in [0.3, 0.4) is 0 Å². The van der Waals surface area contributed by atoms with Gasteiger partial charge in [0.2, 0.25) is 5.75 Å². The summed E-state index contributed by atoms with van der Waals surface area (Å²) < 4.78 is 33.4. The first-order valence-electron chi connectivity index (χ1n) is 15.0. The molecule has 0 spiro atoms. The van der Waals surface area contributed by atoms with Crippen LogP contribution in [0.1, 0.15) is 91.9 Å². The van der Waals surface area contributed by atoms with Gasteiger partial charge in [-0.1, -0.05) is 0 Å². The van der Waals surface area contributed by atoms with Gasteiger partial charge in [-0.3, -0.25) is 0 Å². The fourth-order valence-electron chi connectivity index (χ4n) is 3.33. The number of hydrogen-bond acceptors (Lipinski definition) is 10. The minimum atomic E-state index is -1.20. The fraction of sp³-hybridized carbons (Fsp3) is 0.677. The second kappa shape index (κ2) is 18.0. The molecule has 0 radical (unpaired) electrons. The van der Waals surface area contributed by atoms with Crippen molar-refractivity contribution in [1.29, 1.82) is 0 Å². The summed E-state index contributed by atoms with van der Waals surface area (Å²) in [7, 11) is 0. The molecule has 0 saturated carbocycles. The molecule has 3 amide bonds. The SMILES string of the molecule is CC(C)(C)OC(=O)NCCCOc1cc(C(=O)O)cc(OCCCNC(=O)OC(C)(C)C)c1OCCCNC(=O)OC(C)(C)C. The highest BCUT2D eigenvalue weighted by molar-refractivity contribution is 5.89. The van der Waals surface area contributed by atoms with E-state index in [9.17, 15) is 24.3 Å². The van der Waals surface area contributed by atoms with Gasteiger partial charge in [-0.25, -0.2) is 19.2 Å². The molecule has 1 aromatic rings. The van der Waals surface area contributed by atoms with E-state index in [4.69, 9.17) is 28.4 Å². The number of benzene rings is 1. The normalized spacial score (nSPS) is 11.6. The number of rotatable bonds is 16. The predicted molar refractivity (Wildman–Crippen MR) is 166 cm³/mol. The quantitative estimate of drug-likeness (QED) is 0.136. The van der Waals surface area contributed by atoms with Crippen molar-refractivity contribution in [3.63, 3.8) is 0 Å². The molecule has 0 fully saturated rings. The van der Waals surface area contributed by atoms with E-state index in [1.807, 2.05) is 0 Å². The smallest absolute Gasteiger partial charge is 0.407 e. The second-order valence-corrected chi connectivity index (χ2v) is 13.0. The third kappa shape index (κ3) is 19.0. The lowest BCUT2D eigenvalue weighted by Crippen LogP contribution is -2.33. The first-order chi connectivity index (χ1) is 20.8. The van der Waals surface area contributed by atoms with Gasteiger partial charge in [0.1, 0.15) is 16.8 Å². The van der Waals surface area contributed by atoms with E-state index in [0.717, 1.165) is 0 Å². The molecule has 0 aromatic heterocycles. The van der Waals surface area contributed by atoms with E-state index in [-0.39, 0.29) is 62.3 Å². The predicted octanol–water partition coefficient (Wildman–Crippen LogP) is 5.27. The third-order valence-electron chi connectivity index (χ3n) is 5.00. The van der Waals surface area contributed by atoms with Crippen LogP contribution in [0.15, 0.2) is 12.1 Å². The Labute approximate surface area is 265 Å². The van der Waals surface area contributed by atoms with Crippen molar-refractivity contribution in [3.05, 3.63) is 17.7 Å². The molecule has 0 atom stereocenters. The number of carboxylic acids is 1. The zero-order valence-corrected chi connectivity index (χ0v) is 28.0. The van der Waals surface area contributed by atoms with Gasteiger partial charge >= 0.3 is 24.2 Å². The van der Waals surface area contributed by atoms with Crippen molar-refractivity contribution in [2.24, 2.45) is 0 Å². The molecule has 1 rings (SSSR count).